The monoisotopic (exact) mass is 317 g/mol. The first-order valence-electron chi connectivity index (χ1n) is 6.11. The fourth-order valence-electron chi connectivity index (χ4n) is 2.03. The summed E-state index contributed by atoms with van der Waals surface area (Å²) in [5, 5.41) is 0. The molecule has 2 aromatic carbocycles. The summed E-state index contributed by atoms with van der Waals surface area (Å²) in [6.07, 6.45) is 0.383. The van der Waals surface area contributed by atoms with Gasteiger partial charge in [0.25, 0.3) is 0 Å². The van der Waals surface area contributed by atoms with Crippen LogP contribution in [-0.4, -0.2) is 5.78 Å². The Balaban J connectivity index is 2.30. The number of anilines is 1. The predicted molar refractivity (Wildman–Crippen MR) is 82.5 cm³/mol. The number of nitrogens with two attached hydrogens (primary N) is 1. The van der Waals surface area contributed by atoms with Gasteiger partial charge >= 0.3 is 0 Å². The lowest BCUT2D eigenvalue weighted by Gasteiger charge is -2.08. The summed E-state index contributed by atoms with van der Waals surface area (Å²) in [5.41, 5.74) is 10.3. The maximum absolute atomic E-state index is 12.3. The molecule has 2 nitrogen and oxygen atoms in total. The lowest BCUT2D eigenvalue weighted by molar-refractivity contribution is 0.0993. The van der Waals surface area contributed by atoms with Gasteiger partial charge in [0.15, 0.2) is 5.78 Å². The van der Waals surface area contributed by atoms with Gasteiger partial charge in [0.05, 0.1) is 0 Å². The highest BCUT2D eigenvalue weighted by molar-refractivity contribution is 9.10. The summed E-state index contributed by atoms with van der Waals surface area (Å²) in [7, 11) is 0. The van der Waals surface area contributed by atoms with E-state index in [2.05, 4.69) is 28.1 Å². The molecule has 0 radical (unpaired) electrons. The highest BCUT2D eigenvalue weighted by Crippen LogP contribution is 2.21. The van der Waals surface area contributed by atoms with E-state index in [9.17, 15) is 4.79 Å². The molecule has 0 bridgehead atoms. The van der Waals surface area contributed by atoms with E-state index in [1.807, 2.05) is 26.0 Å². The number of carbonyl (C=O) groups excluding carboxylic acids is 1. The zero-order valence-electron chi connectivity index (χ0n) is 11.0. The lowest BCUT2D eigenvalue weighted by Crippen LogP contribution is -2.08. The SMILES string of the molecule is Cc1ccc(C)c(CC(=O)c2cc(Br)ccc2N)c1. The van der Waals surface area contributed by atoms with Crippen LogP contribution in [0.1, 0.15) is 27.0 Å². The number of hydrogen-bond donors (Lipinski definition) is 1. The number of Topliss-reactive ketones (excluding diaryl/α,β-unsaturated/α-hetero) is 1. The van der Waals surface area contributed by atoms with E-state index in [-0.39, 0.29) is 5.78 Å². The molecule has 2 N–H and O–H groups in total. The Morgan fingerprint density at radius 2 is 1.89 bits per heavy atom. The van der Waals surface area contributed by atoms with Crippen molar-refractivity contribution in [2.75, 3.05) is 5.73 Å². The van der Waals surface area contributed by atoms with E-state index < -0.39 is 0 Å². The molecule has 0 fully saturated rings. The van der Waals surface area contributed by atoms with Crippen molar-refractivity contribution in [3.8, 4) is 0 Å². The first-order valence-corrected chi connectivity index (χ1v) is 6.91. The average Bonchev–Trinajstić information content (AvgIpc) is 2.36. The third-order valence-electron chi connectivity index (χ3n) is 3.17. The number of carbonyl (C=O) groups is 1. The summed E-state index contributed by atoms with van der Waals surface area (Å²) in [5.74, 6) is 0.0486. The second-order valence-corrected chi connectivity index (χ2v) is 5.68. The molecular formula is C16H16BrNO. The highest BCUT2D eigenvalue weighted by atomic mass is 79.9. The molecule has 0 spiro atoms. The molecule has 0 aliphatic rings. The van der Waals surface area contributed by atoms with Crippen molar-refractivity contribution in [3.63, 3.8) is 0 Å². The zero-order chi connectivity index (χ0) is 14.0. The number of ketones is 1. The Morgan fingerprint density at radius 1 is 1.16 bits per heavy atom. The number of aryl methyl sites for hydroxylation is 2. The van der Waals surface area contributed by atoms with Crippen molar-refractivity contribution in [2.24, 2.45) is 0 Å². The highest BCUT2D eigenvalue weighted by Gasteiger charge is 2.12. The summed E-state index contributed by atoms with van der Waals surface area (Å²) >= 11 is 3.37. The standard InChI is InChI=1S/C16H16BrNO/c1-10-3-4-11(2)12(7-10)8-16(19)14-9-13(17)5-6-15(14)18/h3-7,9H,8,18H2,1-2H3. The molecular weight excluding hydrogens is 302 g/mol. The second kappa shape index (κ2) is 5.57. The minimum atomic E-state index is 0.0486. The maximum atomic E-state index is 12.3. The molecule has 0 heterocycles. The van der Waals surface area contributed by atoms with Crippen LogP contribution in [0.4, 0.5) is 5.69 Å². The number of nitrogen functional groups attached to an aromatic ring is 1. The Labute approximate surface area is 121 Å². The molecule has 0 saturated carbocycles. The van der Waals surface area contributed by atoms with E-state index >= 15 is 0 Å². The molecule has 2 rings (SSSR count). The van der Waals surface area contributed by atoms with Crippen LogP contribution in [0.5, 0.6) is 0 Å². The topological polar surface area (TPSA) is 43.1 Å². The molecule has 0 aliphatic carbocycles. The molecule has 0 aliphatic heterocycles. The van der Waals surface area contributed by atoms with Crippen molar-refractivity contribution in [1.29, 1.82) is 0 Å². The molecule has 2 aromatic rings. The summed E-state index contributed by atoms with van der Waals surface area (Å²) < 4.78 is 0.867. The molecule has 0 aromatic heterocycles. The van der Waals surface area contributed by atoms with Crippen molar-refractivity contribution >= 4 is 27.4 Å². The van der Waals surface area contributed by atoms with Crippen LogP contribution in [-0.2, 0) is 6.42 Å². The third kappa shape index (κ3) is 3.24. The largest absolute Gasteiger partial charge is 0.398 e. The van der Waals surface area contributed by atoms with Crippen LogP contribution in [0.2, 0.25) is 0 Å². The molecule has 0 unspecified atom stereocenters. The van der Waals surface area contributed by atoms with E-state index in [1.165, 1.54) is 0 Å². The van der Waals surface area contributed by atoms with Gasteiger partial charge in [-0.05, 0) is 43.2 Å². The summed E-state index contributed by atoms with van der Waals surface area (Å²) in [6.45, 7) is 4.05. The molecule has 3 heteroatoms. The smallest absolute Gasteiger partial charge is 0.169 e. The van der Waals surface area contributed by atoms with Crippen molar-refractivity contribution in [1.82, 2.24) is 0 Å². The third-order valence-corrected chi connectivity index (χ3v) is 3.66. The Morgan fingerprint density at radius 3 is 2.63 bits per heavy atom. The Kier molecular flexibility index (Phi) is 4.05. The molecule has 98 valence electrons. The van der Waals surface area contributed by atoms with Gasteiger partial charge in [-0.1, -0.05) is 39.7 Å². The predicted octanol–water partition coefficient (Wildman–Crippen LogP) is 4.07. The molecule has 0 saturated heterocycles. The van der Waals surface area contributed by atoms with E-state index in [0.29, 0.717) is 17.7 Å². The van der Waals surface area contributed by atoms with Crippen LogP contribution in [0.15, 0.2) is 40.9 Å². The summed E-state index contributed by atoms with van der Waals surface area (Å²) in [6, 6.07) is 11.5. The van der Waals surface area contributed by atoms with Gasteiger partial charge in [-0.15, -0.1) is 0 Å². The lowest BCUT2D eigenvalue weighted by atomic mass is 9.97. The van der Waals surface area contributed by atoms with Crippen LogP contribution in [0.25, 0.3) is 0 Å². The molecule has 19 heavy (non-hydrogen) atoms. The van der Waals surface area contributed by atoms with E-state index in [1.54, 1.807) is 12.1 Å². The number of rotatable bonds is 3. The van der Waals surface area contributed by atoms with Gasteiger partial charge in [0.1, 0.15) is 0 Å². The van der Waals surface area contributed by atoms with E-state index in [4.69, 9.17) is 5.73 Å². The van der Waals surface area contributed by atoms with Crippen LogP contribution in [0.3, 0.4) is 0 Å². The van der Waals surface area contributed by atoms with Crippen molar-refractivity contribution in [3.05, 3.63) is 63.1 Å². The fourth-order valence-corrected chi connectivity index (χ4v) is 2.39. The quantitative estimate of drug-likeness (QED) is 0.685. The van der Waals surface area contributed by atoms with Gasteiger partial charge < -0.3 is 5.73 Å². The maximum Gasteiger partial charge on any atom is 0.169 e. The second-order valence-electron chi connectivity index (χ2n) is 4.76. The molecule has 0 amide bonds. The zero-order valence-corrected chi connectivity index (χ0v) is 12.6. The first-order chi connectivity index (χ1) is 8.97. The van der Waals surface area contributed by atoms with Crippen molar-refractivity contribution in [2.45, 2.75) is 20.3 Å². The Hall–Kier alpha value is -1.61. The number of hydrogen-bond acceptors (Lipinski definition) is 2. The van der Waals surface area contributed by atoms with Crippen molar-refractivity contribution < 1.29 is 4.79 Å². The minimum Gasteiger partial charge on any atom is -0.398 e. The minimum absolute atomic E-state index is 0.0486. The number of halogens is 1. The van der Waals surface area contributed by atoms with Gasteiger partial charge in [-0.3, -0.25) is 4.79 Å². The van der Waals surface area contributed by atoms with Gasteiger partial charge in [0.2, 0.25) is 0 Å². The van der Waals surface area contributed by atoms with Crippen LogP contribution >= 0.6 is 15.9 Å². The fraction of sp³-hybridized carbons (Fsp3) is 0.188. The average molecular weight is 318 g/mol. The van der Waals surface area contributed by atoms with E-state index in [0.717, 1.165) is 21.2 Å². The van der Waals surface area contributed by atoms with Gasteiger partial charge in [-0.25, -0.2) is 0 Å². The number of benzene rings is 2. The van der Waals surface area contributed by atoms with Gasteiger partial charge in [0, 0.05) is 22.1 Å². The molecule has 0 atom stereocenters. The van der Waals surface area contributed by atoms with Gasteiger partial charge in [-0.2, -0.15) is 0 Å². The van der Waals surface area contributed by atoms with Crippen LogP contribution in [0, 0.1) is 13.8 Å². The first kappa shape index (κ1) is 13.8. The normalized spacial score (nSPS) is 10.5. The Bertz CT molecular complexity index is 635. The summed E-state index contributed by atoms with van der Waals surface area (Å²) in [4.78, 5) is 12.3. The van der Waals surface area contributed by atoms with Crippen LogP contribution < -0.4 is 5.73 Å².